The van der Waals surface area contributed by atoms with Gasteiger partial charge in [0.1, 0.15) is 5.82 Å². The zero-order valence-electron chi connectivity index (χ0n) is 8.91. The van der Waals surface area contributed by atoms with Crippen LogP contribution in [0.2, 0.25) is 0 Å². The summed E-state index contributed by atoms with van der Waals surface area (Å²) in [6, 6.07) is 4.81. The third-order valence-electron chi connectivity index (χ3n) is 3.21. The van der Waals surface area contributed by atoms with Gasteiger partial charge in [0.2, 0.25) is 0 Å². The predicted molar refractivity (Wildman–Crippen MR) is 59.9 cm³/mol. The molecule has 1 aromatic heterocycles. The van der Waals surface area contributed by atoms with Gasteiger partial charge in [0.15, 0.2) is 0 Å². The van der Waals surface area contributed by atoms with Crippen LogP contribution in [0.15, 0.2) is 18.2 Å². The minimum Gasteiger partial charge on any atom is -0.277 e. The van der Waals surface area contributed by atoms with Crippen molar-refractivity contribution in [3.8, 4) is 0 Å². The van der Waals surface area contributed by atoms with Crippen LogP contribution in [0.5, 0.6) is 0 Å². The molecule has 1 aliphatic rings. The van der Waals surface area contributed by atoms with E-state index in [-0.39, 0.29) is 5.82 Å². The Kier molecular flexibility index (Phi) is 2.36. The summed E-state index contributed by atoms with van der Waals surface area (Å²) in [4.78, 5) is 0. The molecule has 1 aliphatic heterocycles. The van der Waals surface area contributed by atoms with Gasteiger partial charge < -0.3 is 0 Å². The van der Waals surface area contributed by atoms with Gasteiger partial charge in [0.05, 0.1) is 11.2 Å². The van der Waals surface area contributed by atoms with Crippen molar-refractivity contribution in [3.63, 3.8) is 0 Å². The normalized spacial score (nSPS) is 18.1. The maximum absolute atomic E-state index is 13.0. The molecule has 3 rings (SSSR count). The van der Waals surface area contributed by atoms with E-state index in [1.165, 1.54) is 12.1 Å². The highest BCUT2D eigenvalue weighted by atomic mass is 19.1. The first kappa shape index (κ1) is 9.78. The molecule has 1 aromatic carbocycles. The number of nitrogens with one attached hydrogen (secondary N) is 1. The average molecular weight is 218 g/mol. The number of halogens is 1. The Hall–Kier alpha value is -1.42. The third kappa shape index (κ3) is 1.59. The highest BCUT2D eigenvalue weighted by molar-refractivity contribution is 5.81. The first-order valence-corrected chi connectivity index (χ1v) is 5.61. The summed E-state index contributed by atoms with van der Waals surface area (Å²) in [5, 5.41) is 12.6. The van der Waals surface area contributed by atoms with E-state index in [2.05, 4.69) is 15.5 Å². The van der Waals surface area contributed by atoms with Gasteiger partial charge in [-0.3, -0.25) is 5.10 Å². The highest BCUT2D eigenvalue weighted by Crippen LogP contribution is 2.29. The van der Waals surface area contributed by atoms with Crippen LogP contribution in [-0.2, 0) is 0 Å². The fourth-order valence-electron chi connectivity index (χ4n) is 2.35. The summed E-state index contributed by atoms with van der Waals surface area (Å²) >= 11 is 0. The molecular formula is C12H13FN3. The van der Waals surface area contributed by atoms with Crippen molar-refractivity contribution in [3.05, 3.63) is 29.7 Å². The van der Waals surface area contributed by atoms with Crippen molar-refractivity contribution in [2.24, 2.45) is 0 Å². The van der Waals surface area contributed by atoms with Crippen molar-refractivity contribution in [2.75, 3.05) is 13.1 Å². The van der Waals surface area contributed by atoms with E-state index < -0.39 is 0 Å². The summed E-state index contributed by atoms with van der Waals surface area (Å²) in [6.07, 6.45) is 2.11. The molecule has 1 radical (unpaired) electrons. The smallest absolute Gasteiger partial charge is 0.125 e. The number of H-pyrrole nitrogens is 1. The second-order valence-corrected chi connectivity index (χ2v) is 4.24. The van der Waals surface area contributed by atoms with Crippen LogP contribution in [0.3, 0.4) is 0 Å². The predicted octanol–water partition coefficient (Wildman–Crippen LogP) is 2.18. The van der Waals surface area contributed by atoms with Gasteiger partial charge >= 0.3 is 0 Å². The maximum atomic E-state index is 13.0. The van der Waals surface area contributed by atoms with Crippen molar-refractivity contribution in [2.45, 2.75) is 18.8 Å². The molecule has 0 saturated carbocycles. The Labute approximate surface area is 93.0 Å². The summed E-state index contributed by atoms with van der Waals surface area (Å²) in [5.74, 6) is 0.248. The zero-order chi connectivity index (χ0) is 11.0. The van der Waals surface area contributed by atoms with Crippen LogP contribution < -0.4 is 5.32 Å². The van der Waals surface area contributed by atoms with Crippen LogP contribution in [0.4, 0.5) is 4.39 Å². The molecule has 4 heteroatoms. The van der Waals surface area contributed by atoms with Crippen LogP contribution in [0, 0.1) is 5.82 Å². The molecule has 83 valence electrons. The second kappa shape index (κ2) is 3.87. The number of rotatable bonds is 1. The molecule has 1 saturated heterocycles. The van der Waals surface area contributed by atoms with E-state index in [4.69, 9.17) is 0 Å². The molecule has 16 heavy (non-hydrogen) atoms. The molecule has 0 aliphatic carbocycles. The van der Waals surface area contributed by atoms with E-state index in [0.717, 1.165) is 42.5 Å². The number of aromatic nitrogens is 2. The number of piperidine rings is 1. The average Bonchev–Trinajstić information content (AvgIpc) is 2.73. The SMILES string of the molecule is Fc1ccc2c(C3CC[N]CC3)n[nH]c2c1. The lowest BCUT2D eigenvalue weighted by Crippen LogP contribution is -2.21. The second-order valence-electron chi connectivity index (χ2n) is 4.24. The number of aromatic amines is 1. The van der Waals surface area contributed by atoms with Gasteiger partial charge in [-0.25, -0.2) is 9.71 Å². The first-order chi connectivity index (χ1) is 7.84. The molecule has 1 N–H and O–H groups in total. The lowest BCUT2D eigenvalue weighted by molar-refractivity contribution is 0.448. The zero-order valence-corrected chi connectivity index (χ0v) is 8.91. The Morgan fingerprint density at radius 3 is 2.88 bits per heavy atom. The van der Waals surface area contributed by atoms with Crippen LogP contribution in [-0.4, -0.2) is 23.3 Å². The Morgan fingerprint density at radius 2 is 2.06 bits per heavy atom. The minimum absolute atomic E-state index is 0.221. The van der Waals surface area contributed by atoms with Gasteiger partial charge in [0.25, 0.3) is 0 Å². The molecular weight excluding hydrogens is 205 g/mol. The van der Waals surface area contributed by atoms with Crippen molar-refractivity contribution >= 4 is 10.9 Å². The van der Waals surface area contributed by atoms with Gasteiger partial charge in [-0.1, -0.05) is 0 Å². The van der Waals surface area contributed by atoms with Crippen molar-refractivity contribution < 1.29 is 4.39 Å². The summed E-state index contributed by atoms with van der Waals surface area (Å²) < 4.78 is 13.0. The summed E-state index contributed by atoms with van der Waals surface area (Å²) in [5.41, 5.74) is 1.86. The molecule has 2 aromatic rings. The number of hydrogen-bond donors (Lipinski definition) is 1. The van der Waals surface area contributed by atoms with E-state index in [1.54, 1.807) is 0 Å². The molecule has 0 spiro atoms. The number of benzene rings is 1. The lowest BCUT2D eigenvalue weighted by atomic mass is 9.93. The standard InChI is InChI=1S/C12H13FN3/c13-9-1-2-10-11(7-9)15-16-12(10)8-3-5-14-6-4-8/h1-2,7-8H,3-6H2,(H,15,16). The fourth-order valence-corrected chi connectivity index (χ4v) is 2.35. The number of hydrogen-bond acceptors (Lipinski definition) is 1. The van der Waals surface area contributed by atoms with E-state index in [0.29, 0.717) is 5.92 Å². The molecule has 1 fully saturated rings. The Bertz CT molecular complexity index is 500. The lowest BCUT2D eigenvalue weighted by Gasteiger charge is -2.19. The van der Waals surface area contributed by atoms with Crippen LogP contribution in [0.25, 0.3) is 10.9 Å². The van der Waals surface area contributed by atoms with E-state index in [1.807, 2.05) is 6.07 Å². The van der Waals surface area contributed by atoms with Crippen molar-refractivity contribution in [1.29, 1.82) is 0 Å². The molecule has 0 amide bonds. The van der Waals surface area contributed by atoms with Gasteiger partial charge in [-0.2, -0.15) is 5.10 Å². The summed E-state index contributed by atoms with van der Waals surface area (Å²) in [7, 11) is 0. The Balaban J connectivity index is 2.03. The largest absolute Gasteiger partial charge is 0.277 e. The highest BCUT2D eigenvalue weighted by Gasteiger charge is 2.20. The van der Waals surface area contributed by atoms with Crippen LogP contribution >= 0.6 is 0 Å². The van der Waals surface area contributed by atoms with E-state index in [9.17, 15) is 4.39 Å². The van der Waals surface area contributed by atoms with Gasteiger partial charge in [0, 0.05) is 24.4 Å². The molecule has 0 atom stereocenters. The van der Waals surface area contributed by atoms with Gasteiger partial charge in [-0.15, -0.1) is 0 Å². The Morgan fingerprint density at radius 1 is 1.25 bits per heavy atom. The first-order valence-electron chi connectivity index (χ1n) is 5.61. The van der Waals surface area contributed by atoms with Gasteiger partial charge in [-0.05, 0) is 31.0 Å². The number of nitrogens with zero attached hydrogens (tertiary/aromatic N) is 2. The monoisotopic (exact) mass is 218 g/mol. The van der Waals surface area contributed by atoms with Crippen molar-refractivity contribution in [1.82, 2.24) is 15.5 Å². The molecule has 0 unspecified atom stereocenters. The quantitative estimate of drug-likeness (QED) is 0.783. The topological polar surface area (TPSA) is 42.8 Å². The summed E-state index contributed by atoms with van der Waals surface area (Å²) in [6.45, 7) is 1.83. The molecule has 0 bridgehead atoms. The van der Waals surface area contributed by atoms with Crippen LogP contribution in [0.1, 0.15) is 24.5 Å². The molecule has 2 heterocycles. The third-order valence-corrected chi connectivity index (χ3v) is 3.21. The molecule has 3 nitrogen and oxygen atoms in total. The number of fused-ring (bicyclic) bond motifs is 1. The maximum Gasteiger partial charge on any atom is 0.125 e. The fraction of sp³-hybridized carbons (Fsp3) is 0.417. The minimum atomic E-state index is -0.221. The van der Waals surface area contributed by atoms with E-state index >= 15 is 0 Å².